The quantitative estimate of drug-likeness (QED) is 0.768. The molecule has 1 amide bonds. The molecule has 1 aliphatic heterocycles. The van der Waals surface area contributed by atoms with Crippen molar-refractivity contribution >= 4 is 23.1 Å². The first-order valence-electron chi connectivity index (χ1n) is 8.00. The van der Waals surface area contributed by atoms with Crippen LogP contribution >= 0.6 is 11.3 Å². The molecule has 1 aromatic carbocycles. The van der Waals surface area contributed by atoms with Gasteiger partial charge in [-0.25, -0.2) is 0 Å². The summed E-state index contributed by atoms with van der Waals surface area (Å²) in [6.45, 7) is 1.68. The number of hydrogen-bond acceptors (Lipinski definition) is 4. The van der Waals surface area contributed by atoms with Gasteiger partial charge < -0.3 is 10.2 Å². The van der Waals surface area contributed by atoms with Crippen molar-refractivity contribution in [2.24, 2.45) is 0 Å². The maximum Gasteiger partial charge on any atom is 0.251 e. The third kappa shape index (κ3) is 3.05. The van der Waals surface area contributed by atoms with Crippen molar-refractivity contribution in [1.29, 1.82) is 0 Å². The Labute approximate surface area is 144 Å². The van der Waals surface area contributed by atoms with Crippen molar-refractivity contribution in [3.05, 3.63) is 59.5 Å². The monoisotopic (exact) mass is 338 g/mol. The van der Waals surface area contributed by atoms with Crippen LogP contribution < -0.4 is 10.2 Å². The van der Waals surface area contributed by atoms with E-state index in [4.69, 9.17) is 0 Å². The zero-order chi connectivity index (χ0) is 16.4. The van der Waals surface area contributed by atoms with E-state index in [1.807, 2.05) is 36.4 Å². The summed E-state index contributed by atoms with van der Waals surface area (Å²) in [4.78, 5) is 15.6. The van der Waals surface area contributed by atoms with Crippen molar-refractivity contribution in [1.82, 2.24) is 15.5 Å². The largest absolute Gasteiger partial charge is 0.353 e. The lowest BCUT2D eigenvalue weighted by molar-refractivity contribution is 0.0940. The predicted octanol–water partition coefficient (Wildman–Crippen LogP) is 3.15. The fourth-order valence-corrected chi connectivity index (χ4v) is 3.67. The highest BCUT2D eigenvalue weighted by Gasteiger charge is 2.26. The van der Waals surface area contributed by atoms with E-state index in [1.54, 1.807) is 11.3 Å². The van der Waals surface area contributed by atoms with E-state index in [2.05, 4.69) is 37.9 Å². The molecule has 3 aromatic rings. The molecular weight excluding hydrogens is 320 g/mol. The first-order valence-corrected chi connectivity index (χ1v) is 8.88. The SMILES string of the molecule is O=C(N[C@H]1CCN(c2cc(-c3cccs3)[nH]n2)C1)c1ccccc1. The van der Waals surface area contributed by atoms with Crippen LogP contribution in [-0.4, -0.2) is 35.2 Å². The highest BCUT2D eigenvalue weighted by molar-refractivity contribution is 7.13. The maximum absolute atomic E-state index is 12.3. The van der Waals surface area contributed by atoms with Gasteiger partial charge in [0.05, 0.1) is 10.6 Å². The number of aromatic nitrogens is 2. The van der Waals surface area contributed by atoms with Crippen LogP contribution in [0.1, 0.15) is 16.8 Å². The lowest BCUT2D eigenvalue weighted by Crippen LogP contribution is -2.37. The number of carbonyl (C=O) groups excluding carboxylic acids is 1. The van der Waals surface area contributed by atoms with Gasteiger partial charge in [-0.3, -0.25) is 9.89 Å². The van der Waals surface area contributed by atoms with E-state index in [9.17, 15) is 4.79 Å². The average molecular weight is 338 g/mol. The molecule has 0 radical (unpaired) electrons. The fraction of sp³-hybridized carbons (Fsp3) is 0.222. The van der Waals surface area contributed by atoms with Crippen molar-refractivity contribution in [3.8, 4) is 10.6 Å². The van der Waals surface area contributed by atoms with Gasteiger partial charge in [-0.1, -0.05) is 24.3 Å². The van der Waals surface area contributed by atoms with Crippen molar-refractivity contribution in [2.75, 3.05) is 18.0 Å². The van der Waals surface area contributed by atoms with E-state index in [0.717, 1.165) is 31.0 Å². The number of amides is 1. The van der Waals surface area contributed by atoms with Crippen LogP contribution in [0.25, 0.3) is 10.6 Å². The highest BCUT2D eigenvalue weighted by Crippen LogP contribution is 2.27. The van der Waals surface area contributed by atoms with Gasteiger partial charge in [0.15, 0.2) is 5.82 Å². The number of anilines is 1. The summed E-state index contributed by atoms with van der Waals surface area (Å²) in [5.74, 6) is 0.929. The molecule has 1 fully saturated rings. The van der Waals surface area contributed by atoms with Gasteiger partial charge in [0.25, 0.3) is 5.91 Å². The molecule has 0 aliphatic carbocycles. The van der Waals surface area contributed by atoms with E-state index < -0.39 is 0 Å². The van der Waals surface area contributed by atoms with Crippen LogP contribution in [0.15, 0.2) is 53.9 Å². The minimum atomic E-state index is -0.0104. The Kier molecular flexibility index (Phi) is 4.04. The van der Waals surface area contributed by atoms with Gasteiger partial charge in [0.2, 0.25) is 0 Å². The zero-order valence-electron chi connectivity index (χ0n) is 13.1. The third-order valence-corrected chi connectivity index (χ3v) is 5.14. The second-order valence-corrected chi connectivity index (χ2v) is 6.84. The summed E-state index contributed by atoms with van der Waals surface area (Å²) in [6, 6.07) is 15.7. The molecule has 1 aliphatic rings. The molecule has 1 atom stereocenters. The molecule has 24 heavy (non-hydrogen) atoms. The number of nitrogens with one attached hydrogen (secondary N) is 2. The Morgan fingerprint density at radius 2 is 2.12 bits per heavy atom. The summed E-state index contributed by atoms with van der Waals surface area (Å²) in [5.41, 5.74) is 1.74. The third-order valence-electron chi connectivity index (χ3n) is 4.23. The van der Waals surface area contributed by atoms with Gasteiger partial charge >= 0.3 is 0 Å². The molecule has 0 saturated carbocycles. The fourth-order valence-electron chi connectivity index (χ4n) is 2.98. The topological polar surface area (TPSA) is 61.0 Å². The minimum Gasteiger partial charge on any atom is -0.353 e. The number of nitrogens with zero attached hydrogens (tertiary/aromatic N) is 2. The summed E-state index contributed by atoms with van der Waals surface area (Å²) in [7, 11) is 0. The van der Waals surface area contributed by atoms with Crippen LogP contribution in [0.4, 0.5) is 5.82 Å². The van der Waals surface area contributed by atoms with Crippen molar-refractivity contribution in [3.63, 3.8) is 0 Å². The zero-order valence-corrected chi connectivity index (χ0v) is 13.9. The molecule has 4 rings (SSSR count). The number of benzene rings is 1. The van der Waals surface area contributed by atoms with Gasteiger partial charge in [0.1, 0.15) is 0 Å². The molecule has 2 N–H and O–H groups in total. The molecular formula is C18H18N4OS. The molecule has 0 unspecified atom stereocenters. The average Bonchev–Trinajstić information content (AvgIpc) is 3.36. The molecule has 6 heteroatoms. The Hall–Kier alpha value is -2.60. The predicted molar refractivity (Wildman–Crippen MR) is 96.4 cm³/mol. The number of thiophene rings is 1. The number of aromatic amines is 1. The van der Waals surface area contributed by atoms with Crippen LogP contribution in [0.2, 0.25) is 0 Å². The molecule has 3 heterocycles. The Bertz CT molecular complexity index is 813. The minimum absolute atomic E-state index is 0.0104. The molecule has 0 spiro atoms. The van der Waals surface area contributed by atoms with Crippen molar-refractivity contribution < 1.29 is 4.79 Å². The van der Waals surface area contributed by atoms with E-state index >= 15 is 0 Å². The first kappa shape index (κ1) is 15.0. The van der Waals surface area contributed by atoms with Crippen molar-refractivity contribution in [2.45, 2.75) is 12.5 Å². The van der Waals surface area contributed by atoms with Gasteiger partial charge in [-0.15, -0.1) is 11.3 Å². The maximum atomic E-state index is 12.3. The smallest absolute Gasteiger partial charge is 0.251 e. The van der Waals surface area contributed by atoms with E-state index in [1.165, 1.54) is 4.88 Å². The second kappa shape index (κ2) is 6.49. The number of hydrogen-bond donors (Lipinski definition) is 2. The number of rotatable bonds is 4. The van der Waals surface area contributed by atoms with Crippen LogP contribution in [0.3, 0.4) is 0 Å². The normalized spacial score (nSPS) is 17.2. The Morgan fingerprint density at radius 3 is 2.92 bits per heavy atom. The van der Waals surface area contributed by atoms with Gasteiger partial charge in [0, 0.05) is 30.8 Å². The lowest BCUT2D eigenvalue weighted by atomic mass is 10.2. The van der Waals surface area contributed by atoms with E-state index in [-0.39, 0.29) is 11.9 Å². The highest BCUT2D eigenvalue weighted by atomic mass is 32.1. The first-order chi connectivity index (χ1) is 11.8. The number of carbonyl (C=O) groups is 1. The standard InChI is InChI=1S/C18H18N4OS/c23-18(13-5-2-1-3-6-13)19-14-8-9-22(12-14)17-11-15(20-21-17)16-7-4-10-24-16/h1-7,10-11,14H,8-9,12H2,(H,19,23)(H,20,21)/t14-/m0/s1. The van der Waals surface area contributed by atoms with Gasteiger partial charge in [-0.2, -0.15) is 5.10 Å². The summed E-state index contributed by atoms with van der Waals surface area (Å²) >= 11 is 1.69. The lowest BCUT2D eigenvalue weighted by Gasteiger charge is -2.16. The van der Waals surface area contributed by atoms with Crippen LogP contribution in [-0.2, 0) is 0 Å². The molecule has 122 valence electrons. The second-order valence-electron chi connectivity index (χ2n) is 5.89. The summed E-state index contributed by atoms with van der Waals surface area (Å²) in [5, 5.41) is 12.7. The molecule has 1 saturated heterocycles. The van der Waals surface area contributed by atoms with E-state index in [0.29, 0.717) is 5.56 Å². The molecule has 2 aromatic heterocycles. The summed E-state index contributed by atoms with van der Waals surface area (Å²) < 4.78 is 0. The van der Waals surface area contributed by atoms with Crippen LogP contribution in [0, 0.1) is 0 Å². The molecule has 5 nitrogen and oxygen atoms in total. The Morgan fingerprint density at radius 1 is 1.25 bits per heavy atom. The Balaban J connectivity index is 1.39. The van der Waals surface area contributed by atoms with Gasteiger partial charge in [-0.05, 0) is 30.0 Å². The molecule has 0 bridgehead atoms. The summed E-state index contributed by atoms with van der Waals surface area (Å²) in [6.07, 6.45) is 0.930. The number of H-pyrrole nitrogens is 1. The van der Waals surface area contributed by atoms with Crippen LogP contribution in [0.5, 0.6) is 0 Å².